The van der Waals surface area contributed by atoms with E-state index in [1.54, 1.807) is 6.07 Å². The maximum atomic E-state index is 11.9. The first-order chi connectivity index (χ1) is 9.56. The Kier molecular flexibility index (Phi) is 4.42. The Morgan fingerprint density at radius 1 is 1.20 bits per heavy atom. The lowest BCUT2D eigenvalue weighted by molar-refractivity contribution is -0.114. The fourth-order valence-electron chi connectivity index (χ4n) is 1.60. The van der Waals surface area contributed by atoms with Crippen molar-refractivity contribution in [1.82, 2.24) is 5.32 Å². The SMILES string of the molecule is CC(=O)Nc1ccc(C(=O)NCc2ccccc2Cl)o1. The molecule has 5 nitrogen and oxygen atoms in total. The molecule has 104 valence electrons. The Morgan fingerprint density at radius 3 is 2.65 bits per heavy atom. The Morgan fingerprint density at radius 2 is 1.95 bits per heavy atom. The lowest BCUT2D eigenvalue weighted by atomic mass is 10.2. The highest BCUT2D eigenvalue weighted by Crippen LogP contribution is 2.16. The molecule has 0 saturated heterocycles. The van der Waals surface area contributed by atoms with Gasteiger partial charge in [0.25, 0.3) is 5.91 Å². The van der Waals surface area contributed by atoms with Gasteiger partial charge in [-0.15, -0.1) is 0 Å². The fourth-order valence-corrected chi connectivity index (χ4v) is 1.81. The second-order valence-electron chi connectivity index (χ2n) is 4.12. The molecule has 2 N–H and O–H groups in total. The van der Waals surface area contributed by atoms with Crippen molar-refractivity contribution >= 4 is 29.3 Å². The summed E-state index contributed by atoms with van der Waals surface area (Å²) >= 11 is 5.99. The van der Waals surface area contributed by atoms with E-state index in [2.05, 4.69) is 10.6 Å². The number of nitrogens with one attached hydrogen (secondary N) is 2. The van der Waals surface area contributed by atoms with Gasteiger partial charge in [-0.05, 0) is 17.7 Å². The third kappa shape index (κ3) is 3.61. The van der Waals surface area contributed by atoms with Crippen molar-refractivity contribution in [3.05, 3.63) is 52.7 Å². The van der Waals surface area contributed by atoms with E-state index in [1.807, 2.05) is 18.2 Å². The van der Waals surface area contributed by atoms with E-state index in [4.69, 9.17) is 16.0 Å². The molecule has 0 aliphatic heterocycles. The summed E-state index contributed by atoms with van der Waals surface area (Å²) in [5.74, 6) is -0.273. The van der Waals surface area contributed by atoms with Gasteiger partial charge >= 0.3 is 0 Å². The van der Waals surface area contributed by atoms with Crippen LogP contribution in [-0.4, -0.2) is 11.8 Å². The Hall–Kier alpha value is -2.27. The van der Waals surface area contributed by atoms with Crippen LogP contribution in [0.3, 0.4) is 0 Å². The number of benzene rings is 1. The van der Waals surface area contributed by atoms with Crippen LogP contribution in [0.1, 0.15) is 23.0 Å². The number of carbonyl (C=O) groups excluding carboxylic acids is 2. The number of furan rings is 1. The predicted octanol–water partition coefficient (Wildman–Crippen LogP) is 2.82. The molecule has 1 aromatic carbocycles. The number of hydrogen-bond acceptors (Lipinski definition) is 3. The topological polar surface area (TPSA) is 71.3 Å². The lowest BCUT2D eigenvalue weighted by Crippen LogP contribution is -2.22. The van der Waals surface area contributed by atoms with E-state index >= 15 is 0 Å². The molecule has 1 aromatic heterocycles. The molecule has 0 fully saturated rings. The van der Waals surface area contributed by atoms with Gasteiger partial charge in [0.05, 0.1) is 0 Å². The van der Waals surface area contributed by atoms with Gasteiger partial charge in [0, 0.05) is 24.6 Å². The summed E-state index contributed by atoms with van der Waals surface area (Å²) in [6.45, 7) is 1.66. The molecule has 2 aromatic rings. The van der Waals surface area contributed by atoms with Crippen LogP contribution >= 0.6 is 11.6 Å². The molecule has 0 saturated carbocycles. The number of rotatable bonds is 4. The Bertz CT molecular complexity index is 637. The fraction of sp³-hybridized carbons (Fsp3) is 0.143. The number of carbonyl (C=O) groups is 2. The number of anilines is 1. The Balaban J connectivity index is 1.97. The summed E-state index contributed by atoms with van der Waals surface area (Å²) in [5, 5.41) is 5.74. The quantitative estimate of drug-likeness (QED) is 0.910. The van der Waals surface area contributed by atoms with Crippen LogP contribution in [-0.2, 0) is 11.3 Å². The minimum Gasteiger partial charge on any atom is -0.435 e. The zero-order valence-corrected chi connectivity index (χ0v) is 11.5. The summed E-state index contributed by atoms with van der Waals surface area (Å²) in [7, 11) is 0. The molecule has 0 atom stereocenters. The monoisotopic (exact) mass is 292 g/mol. The molecule has 0 radical (unpaired) electrons. The van der Waals surface area contributed by atoms with Crippen molar-refractivity contribution < 1.29 is 14.0 Å². The lowest BCUT2D eigenvalue weighted by Gasteiger charge is -2.05. The van der Waals surface area contributed by atoms with Crippen LogP contribution in [0.5, 0.6) is 0 Å². The number of hydrogen-bond donors (Lipinski definition) is 2. The maximum Gasteiger partial charge on any atom is 0.287 e. The van der Waals surface area contributed by atoms with Crippen molar-refractivity contribution in [3.63, 3.8) is 0 Å². The third-order valence-corrected chi connectivity index (χ3v) is 2.89. The summed E-state index contributed by atoms with van der Waals surface area (Å²) in [4.78, 5) is 22.7. The molecule has 20 heavy (non-hydrogen) atoms. The Labute approximate surface area is 120 Å². The average molecular weight is 293 g/mol. The summed E-state index contributed by atoms with van der Waals surface area (Å²) in [5.41, 5.74) is 0.816. The summed E-state index contributed by atoms with van der Waals surface area (Å²) < 4.78 is 5.20. The second-order valence-corrected chi connectivity index (χ2v) is 4.53. The first-order valence-electron chi connectivity index (χ1n) is 5.95. The molecular formula is C14H13ClN2O3. The van der Waals surface area contributed by atoms with E-state index in [9.17, 15) is 9.59 Å². The van der Waals surface area contributed by atoms with Gasteiger partial charge in [0.15, 0.2) is 11.6 Å². The molecule has 0 bridgehead atoms. The van der Waals surface area contributed by atoms with E-state index in [0.29, 0.717) is 11.6 Å². The van der Waals surface area contributed by atoms with Gasteiger partial charge < -0.3 is 9.73 Å². The summed E-state index contributed by atoms with van der Waals surface area (Å²) in [6, 6.07) is 10.3. The van der Waals surface area contributed by atoms with Crippen LogP contribution in [0.2, 0.25) is 5.02 Å². The van der Waals surface area contributed by atoms with Gasteiger partial charge in [0.2, 0.25) is 5.91 Å². The number of amides is 2. The van der Waals surface area contributed by atoms with Crippen LogP contribution < -0.4 is 10.6 Å². The zero-order valence-electron chi connectivity index (χ0n) is 10.8. The highest BCUT2D eigenvalue weighted by molar-refractivity contribution is 6.31. The molecule has 2 rings (SSSR count). The van der Waals surface area contributed by atoms with Crippen molar-refractivity contribution in [1.29, 1.82) is 0 Å². The van der Waals surface area contributed by atoms with Gasteiger partial charge in [-0.2, -0.15) is 0 Å². The van der Waals surface area contributed by atoms with Crippen molar-refractivity contribution in [2.45, 2.75) is 13.5 Å². The predicted molar refractivity (Wildman–Crippen MR) is 75.6 cm³/mol. The highest BCUT2D eigenvalue weighted by Gasteiger charge is 2.12. The smallest absolute Gasteiger partial charge is 0.287 e. The molecule has 6 heteroatoms. The van der Waals surface area contributed by atoms with E-state index < -0.39 is 0 Å². The van der Waals surface area contributed by atoms with Gasteiger partial charge in [-0.1, -0.05) is 29.8 Å². The van der Waals surface area contributed by atoms with Gasteiger partial charge in [-0.25, -0.2) is 0 Å². The van der Waals surface area contributed by atoms with Crippen LogP contribution in [0.4, 0.5) is 5.88 Å². The normalized spacial score (nSPS) is 10.1. The average Bonchev–Trinajstić information content (AvgIpc) is 2.85. The van der Waals surface area contributed by atoms with E-state index in [0.717, 1.165) is 5.56 Å². The molecule has 1 heterocycles. The molecule has 2 amide bonds. The minimum atomic E-state index is -0.374. The van der Waals surface area contributed by atoms with Gasteiger partial charge in [-0.3, -0.25) is 14.9 Å². The summed E-state index contributed by atoms with van der Waals surface area (Å²) in [6.07, 6.45) is 0. The maximum absolute atomic E-state index is 11.9. The molecule has 0 unspecified atom stereocenters. The second kappa shape index (κ2) is 6.25. The largest absolute Gasteiger partial charge is 0.435 e. The van der Waals surface area contributed by atoms with Crippen LogP contribution in [0.15, 0.2) is 40.8 Å². The molecular weight excluding hydrogens is 280 g/mol. The molecule has 0 aliphatic carbocycles. The zero-order chi connectivity index (χ0) is 14.5. The van der Waals surface area contributed by atoms with E-state index in [-0.39, 0.29) is 23.5 Å². The van der Waals surface area contributed by atoms with Crippen LogP contribution in [0, 0.1) is 0 Å². The van der Waals surface area contributed by atoms with Gasteiger partial charge in [0.1, 0.15) is 0 Å². The standard InChI is InChI=1S/C14H13ClN2O3/c1-9(18)17-13-7-6-12(20-13)14(19)16-8-10-4-2-3-5-11(10)15/h2-7H,8H2,1H3,(H,16,19)(H,17,18). The van der Waals surface area contributed by atoms with Crippen molar-refractivity contribution in [3.8, 4) is 0 Å². The van der Waals surface area contributed by atoms with Crippen LogP contribution in [0.25, 0.3) is 0 Å². The molecule has 0 spiro atoms. The minimum absolute atomic E-state index is 0.126. The highest BCUT2D eigenvalue weighted by atomic mass is 35.5. The van der Waals surface area contributed by atoms with Crippen molar-refractivity contribution in [2.24, 2.45) is 0 Å². The first kappa shape index (κ1) is 14.1. The molecule has 0 aliphatic rings. The van der Waals surface area contributed by atoms with E-state index in [1.165, 1.54) is 19.1 Å². The van der Waals surface area contributed by atoms with Crippen molar-refractivity contribution in [2.75, 3.05) is 5.32 Å². The number of halogens is 1. The third-order valence-electron chi connectivity index (χ3n) is 2.53. The first-order valence-corrected chi connectivity index (χ1v) is 6.33.